The molecule has 7 heteroatoms. The van der Waals surface area contributed by atoms with Crippen molar-refractivity contribution < 1.29 is 17.7 Å². The second-order valence-electron chi connectivity index (χ2n) is 5.49. The van der Waals surface area contributed by atoms with Gasteiger partial charge in [0, 0.05) is 12.5 Å². The highest BCUT2D eigenvalue weighted by Crippen LogP contribution is 2.27. The summed E-state index contributed by atoms with van der Waals surface area (Å²) in [4.78, 5) is 0.129. The van der Waals surface area contributed by atoms with Crippen LogP contribution in [0.3, 0.4) is 0 Å². The van der Waals surface area contributed by atoms with Crippen LogP contribution in [0.25, 0.3) is 0 Å². The van der Waals surface area contributed by atoms with Gasteiger partial charge in [-0.25, -0.2) is 13.1 Å². The van der Waals surface area contributed by atoms with Crippen LogP contribution in [0.15, 0.2) is 33.7 Å². The van der Waals surface area contributed by atoms with E-state index < -0.39 is 10.0 Å². The zero-order valence-corrected chi connectivity index (χ0v) is 13.3. The molecule has 0 unspecified atom stereocenters. The molecule has 3 rings (SSSR count). The van der Waals surface area contributed by atoms with Crippen LogP contribution in [-0.4, -0.2) is 26.7 Å². The van der Waals surface area contributed by atoms with E-state index in [1.807, 2.05) is 24.3 Å². The smallest absolute Gasteiger partial charge is 0.245 e. The van der Waals surface area contributed by atoms with Crippen molar-refractivity contribution in [1.82, 2.24) is 9.88 Å². The first-order chi connectivity index (χ1) is 10.5. The Hall–Kier alpha value is -1.86. The van der Waals surface area contributed by atoms with Crippen molar-refractivity contribution in [3.63, 3.8) is 0 Å². The van der Waals surface area contributed by atoms with Gasteiger partial charge in [-0.3, -0.25) is 0 Å². The predicted molar refractivity (Wildman–Crippen MR) is 80.3 cm³/mol. The fraction of sp³-hybridized carbons (Fsp3) is 0.400. The maximum atomic E-state index is 12.4. The molecule has 1 atom stereocenters. The van der Waals surface area contributed by atoms with Crippen molar-refractivity contribution in [3.05, 3.63) is 41.3 Å². The molecule has 22 heavy (non-hydrogen) atoms. The first-order valence-corrected chi connectivity index (χ1v) is 8.59. The van der Waals surface area contributed by atoms with Crippen LogP contribution in [0.1, 0.15) is 17.0 Å². The lowest BCUT2D eigenvalue weighted by atomic mass is 9.97. The third-order valence-corrected chi connectivity index (χ3v) is 5.42. The summed E-state index contributed by atoms with van der Waals surface area (Å²) in [6, 6.07) is 7.82. The Labute approximate surface area is 129 Å². The number of ether oxygens (including phenoxy) is 1. The van der Waals surface area contributed by atoms with Crippen molar-refractivity contribution in [1.29, 1.82) is 0 Å². The molecule has 1 aliphatic heterocycles. The van der Waals surface area contributed by atoms with Gasteiger partial charge >= 0.3 is 0 Å². The number of sulfonamides is 1. The summed E-state index contributed by atoms with van der Waals surface area (Å²) < 4.78 is 38.0. The van der Waals surface area contributed by atoms with Crippen molar-refractivity contribution in [2.75, 3.05) is 13.2 Å². The third-order valence-electron chi connectivity index (χ3n) is 3.75. The Balaban J connectivity index is 1.69. The number of aromatic nitrogens is 1. The number of benzene rings is 1. The molecule has 2 heterocycles. The molecular formula is C15H18N2O4S. The molecule has 0 saturated heterocycles. The Morgan fingerprint density at radius 1 is 1.32 bits per heavy atom. The lowest BCUT2D eigenvalue weighted by molar-refractivity contribution is 0.223. The maximum Gasteiger partial charge on any atom is 0.245 e. The van der Waals surface area contributed by atoms with E-state index in [1.165, 1.54) is 0 Å². The van der Waals surface area contributed by atoms with Gasteiger partial charge in [0.15, 0.2) is 5.76 Å². The molecular weight excluding hydrogens is 304 g/mol. The third kappa shape index (κ3) is 2.86. The average Bonchev–Trinajstić information content (AvgIpc) is 2.85. The summed E-state index contributed by atoms with van der Waals surface area (Å²) in [5.74, 6) is 1.28. The Bertz CT molecular complexity index is 763. The Kier molecular flexibility index (Phi) is 3.92. The molecule has 0 radical (unpaired) electrons. The molecule has 0 fully saturated rings. The summed E-state index contributed by atoms with van der Waals surface area (Å²) in [5.41, 5.74) is 1.48. The van der Waals surface area contributed by atoms with Crippen LogP contribution in [0.2, 0.25) is 0 Å². The van der Waals surface area contributed by atoms with Crippen LogP contribution in [0, 0.1) is 19.8 Å². The summed E-state index contributed by atoms with van der Waals surface area (Å²) in [6.45, 7) is 4.03. The van der Waals surface area contributed by atoms with Crippen LogP contribution < -0.4 is 9.46 Å². The largest absolute Gasteiger partial charge is 0.493 e. The molecule has 1 aromatic carbocycles. The Morgan fingerprint density at radius 3 is 2.82 bits per heavy atom. The molecule has 1 aromatic heterocycles. The topological polar surface area (TPSA) is 81.4 Å². The fourth-order valence-electron chi connectivity index (χ4n) is 2.68. The second-order valence-corrected chi connectivity index (χ2v) is 7.20. The number of hydrogen-bond acceptors (Lipinski definition) is 5. The zero-order chi connectivity index (χ0) is 15.7. The van der Waals surface area contributed by atoms with E-state index in [-0.39, 0.29) is 10.8 Å². The van der Waals surface area contributed by atoms with Gasteiger partial charge in [0.25, 0.3) is 0 Å². The highest BCUT2D eigenvalue weighted by Gasteiger charge is 2.26. The van der Waals surface area contributed by atoms with Crippen LogP contribution in [0.4, 0.5) is 0 Å². The van der Waals surface area contributed by atoms with E-state index in [0.717, 1.165) is 17.7 Å². The molecule has 118 valence electrons. The summed E-state index contributed by atoms with van der Waals surface area (Å²) >= 11 is 0. The van der Waals surface area contributed by atoms with E-state index in [4.69, 9.17) is 9.26 Å². The molecule has 0 aliphatic carbocycles. The molecule has 1 N–H and O–H groups in total. The Morgan fingerprint density at radius 2 is 2.09 bits per heavy atom. The molecule has 6 nitrogen and oxygen atoms in total. The second kappa shape index (κ2) is 5.73. The van der Waals surface area contributed by atoms with Crippen molar-refractivity contribution in [3.8, 4) is 5.75 Å². The molecule has 0 saturated carbocycles. The van der Waals surface area contributed by atoms with Crippen molar-refractivity contribution in [2.24, 2.45) is 5.92 Å². The van der Waals surface area contributed by atoms with Crippen molar-refractivity contribution in [2.45, 2.75) is 25.2 Å². The lowest BCUT2D eigenvalue weighted by Gasteiger charge is -2.25. The molecule has 2 aromatic rings. The standard InChI is InChI=1S/C15H18N2O4S/c1-10-15(11(2)21-17-10)22(18,19)16-8-12-7-13-5-3-4-6-14(13)20-9-12/h3-6,12,16H,7-9H2,1-2H3/t12-/m1/s1. The number of nitrogens with one attached hydrogen (secondary N) is 1. The number of hydrogen-bond donors (Lipinski definition) is 1. The maximum absolute atomic E-state index is 12.4. The number of nitrogens with zero attached hydrogens (tertiary/aromatic N) is 1. The fourth-order valence-corrected chi connectivity index (χ4v) is 4.12. The van der Waals surface area contributed by atoms with E-state index in [1.54, 1.807) is 13.8 Å². The zero-order valence-electron chi connectivity index (χ0n) is 12.5. The molecule has 0 bridgehead atoms. The van der Waals surface area contributed by atoms with E-state index in [9.17, 15) is 8.42 Å². The minimum Gasteiger partial charge on any atom is -0.493 e. The lowest BCUT2D eigenvalue weighted by Crippen LogP contribution is -2.35. The van der Waals surface area contributed by atoms with Gasteiger partial charge < -0.3 is 9.26 Å². The first-order valence-electron chi connectivity index (χ1n) is 7.10. The minimum atomic E-state index is -3.62. The van der Waals surface area contributed by atoms with Gasteiger partial charge in [0.2, 0.25) is 10.0 Å². The van der Waals surface area contributed by atoms with Crippen molar-refractivity contribution >= 4 is 10.0 Å². The van der Waals surface area contributed by atoms with Gasteiger partial charge in [0.05, 0.1) is 6.61 Å². The normalized spacial score (nSPS) is 17.8. The minimum absolute atomic E-state index is 0.102. The van der Waals surface area contributed by atoms with Crippen LogP contribution in [-0.2, 0) is 16.4 Å². The van der Waals surface area contributed by atoms with Crippen LogP contribution >= 0.6 is 0 Å². The predicted octanol–water partition coefficient (Wildman–Crippen LogP) is 1.82. The van der Waals surface area contributed by atoms with E-state index in [2.05, 4.69) is 9.88 Å². The molecule has 0 amide bonds. The van der Waals surface area contributed by atoms with Gasteiger partial charge in [-0.1, -0.05) is 23.4 Å². The van der Waals surface area contributed by atoms with E-state index >= 15 is 0 Å². The van der Waals surface area contributed by atoms with E-state index in [0.29, 0.717) is 24.6 Å². The quantitative estimate of drug-likeness (QED) is 0.928. The summed E-state index contributed by atoms with van der Waals surface area (Å²) in [5, 5.41) is 3.69. The molecule has 0 spiro atoms. The number of aryl methyl sites for hydroxylation is 2. The van der Waals surface area contributed by atoms with Gasteiger partial charge in [-0.05, 0) is 31.9 Å². The summed E-state index contributed by atoms with van der Waals surface area (Å²) in [7, 11) is -3.62. The average molecular weight is 322 g/mol. The van der Waals surface area contributed by atoms with Gasteiger partial charge in [-0.2, -0.15) is 0 Å². The van der Waals surface area contributed by atoms with Crippen LogP contribution in [0.5, 0.6) is 5.75 Å². The summed E-state index contributed by atoms with van der Waals surface area (Å²) in [6.07, 6.45) is 0.792. The number of rotatable bonds is 4. The van der Waals surface area contributed by atoms with Gasteiger partial charge in [-0.15, -0.1) is 0 Å². The molecule has 1 aliphatic rings. The highest BCUT2D eigenvalue weighted by molar-refractivity contribution is 7.89. The first kappa shape index (κ1) is 15.1. The number of fused-ring (bicyclic) bond motifs is 1. The highest BCUT2D eigenvalue weighted by atomic mass is 32.2. The SMILES string of the molecule is Cc1noc(C)c1S(=O)(=O)NC[C@@H]1COc2ccccc2C1. The monoisotopic (exact) mass is 322 g/mol. The number of para-hydroxylation sites is 1. The van der Waals surface area contributed by atoms with Gasteiger partial charge in [0.1, 0.15) is 16.3 Å².